The van der Waals surface area contributed by atoms with Crippen molar-refractivity contribution in [3.8, 4) is 11.5 Å². The minimum Gasteiger partial charge on any atom is -0.493 e. The van der Waals surface area contributed by atoms with Crippen LogP contribution in [0.1, 0.15) is 24.4 Å². The summed E-state index contributed by atoms with van der Waals surface area (Å²) in [7, 11) is 0.317. The highest BCUT2D eigenvalue weighted by Gasteiger charge is 2.29. The molecule has 1 fully saturated rings. The van der Waals surface area contributed by atoms with E-state index >= 15 is 0 Å². The molecule has 20 heavy (non-hydrogen) atoms. The zero-order valence-electron chi connectivity index (χ0n) is 11.8. The standard InChI is InChI=1S/C14H21NO4S/c1-18-13-4-3-11(8-14(13)19-2)12(15)7-10-5-6-20(16,17)9-10/h3-4,8,10,12H,5-7,9,15H2,1-2H3. The molecule has 5 nitrogen and oxygen atoms in total. The fourth-order valence-corrected chi connectivity index (χ4v) is 4.52. The van der Waals surface area contributed by atoms with Crippen LogP contribution >= 0.6 is 0 Å². The van der Waals surface area contributed by atoms with Crippen molar-refractivity contribution < 1.29 is 17.9 Å². The fourth-order valence-electron chi connectivity index (χ4n) is 2.64. The van der Waals surface area contributed by atoms with Crippen LogP contribution in [0, 0.1) is 5.92 Å². The molecule has 0 amide bonds. The summed E-state index contributed by atoms with van der Waals surface area (Å²) in [5.41, 5.74) is 7.12. The van der Waals surface area contributed by atoms with Gasteiger partial charge in [0.2, 0.25) is 0 Å². The first-order chi connectivity index (χ1) is 9.45. The Morgan fingerprint density at radius 1 is 1.30 bits per heavy atom. The average Bonchev–Trinajstić information content (AvgIpc) is 2.76. The quantitative estimate of drug-likeness (QED) is 0.892. The maximum atomic E-state index is 11.5. The maximum Gasteiger partial charge on any atom is 0.161 e. The van der Waals surface area contributed by atoms with Crippen LogP contribution in [0.3, 0.4) is 0 Å². The van der Waals surface area contributed by atoms with Gasteiger partial charge in [-0.2, -0.15) is 0 Å². The highest BCUT2D eigenvalue weighted by atomic mass is 32.2. The number of sulfone groups is 1. The van der Waals surface area contributed by atoms with Crippen molar-refractivity contribution in [2.75, 3.05) is 25.7 Å². The van der Waals surface area contributed by atoms with Crippen molar-refractivity contribution in [1.82, 2.24) is 0 Å². The molecule has 0 aliphatic carbocycles. The highest BCUT2D eigenvalue weighted by molar-refractivity contribution is 7.91. The van der Waals surface area contributed by atoms with Crippen LogP contribution in [0.4, 0.5) is 0 Å². The molecule has 0 spiro atoms. The molecule has 0 bridgehead atoms. The van der Waals surface area contributed by atoms with Crippen LogP contribution in [0.2, 0.25) is 0 Å². The van der Waals surface area contributed by atoms with Gasteiger partial charge in [-0.05, 0) is 36.5 Å². The van der Waals surface area contributed by atoms with E-state index in [9.17, 15) is 8.42 Å². The Morgan fingerprint density at radius 2 is 2.00 bits per heavy atom. The minimum atomic E-state index is -2.85. The molecule has 1 aliphatic heterocycles. The summed E-state index contributed by atoms with van der Waals surface area (Å²) in [4.78, 5) is 0. The molecule has 112 valence electrons. The van der Waals surface area contributed by atoms with Gasteiger partial charge in [-0.3, -0.25) is 0 Å². The zero-order valence-corrected chi connectivity index (χ0v) is 12.7. The van der Waals surface area contributed by atoms with E-state index in [4.69, 9.17) is 15.2 Å². The van der Waals surface area contributed by atoms with E-state index in [0.717, 1.165) is 5.56 Å². The monoisotopic (exact) mass is 299 g/mol. The van der Waals surface area contributed by atoms with Gasteiger partial charge in [-0.25, -0.2) is 8.42 Å². The maximum absolute atomic E-state index is 11.5. The van der Waals surface area contributed by atoms with E-state index in [2.05, 4.69) is 0 Å². The summed E-state index contributed by atoms with van der Waals surface area (Å²) in [5, 5.41) is 0. The predicted molar refractivity (Wildman–Crippen MR) is 77.9 cm³/mol. The number of ether oxygens (including phenoxy) is 2. The molecule has 1 heterocycles. The van der Waals surface area contributed by atoms with E-state index < -0.39 is 9.84 Å². The third-order valence-corrected chi connectivity index (χ3v) is 5.59. The van der Waals surface area contributed by atoms with Crippen molar-refractivity contribution in [2.45, 2.75) is 18.9 Å². The lowest BCUT2D eigenvalue weighted by atomic mass is 9.95. The van der Waals surface area contributed by atoms with Gasteiger partial charge in [0.05, 0.1) is 25.7 Å². The summed E-state index contributed by atoms with van der Waals surface area (Å²) in [6.07, 6.45) is 1.39. The van der Waals surface area contributed by atoms with Crippen molar-refractivity contribution in [3.63, 3.8) is 0 Å². The number of methoxy groups -OCH3 is 2. The van der Waals surface area contributed by atoms with E-state index in [1.54, 1.807) is 14.2 Å². The molecule has 2 atom stereocenters. The smallest absolute Gasteiger partial charge is 0.161 e. The summed E-state index contributed by atoms with van der Waals surface area (Å²) in [6.45, 7) is 0. The molecule has 1 aliphatic rings. The minimum absolute atomic E-state index is 0.156. The molecule has 1 aromatic rings. The third kappa shape index (κ3) is 3.43. The number of rotatable bonds is 5. The van der Waals surface area contributed by atoms with E-state index in [1.807, 2.05) is 18.2 Å². The van der Waals surface area contributed by atoms with Crippen molar-refractivity contribution in [2.24, 2.45) is 11.7 Å². The Bertz CT molecular complexity index is 571. The first kappa shape index (κ1) is 15.1. The van der Waals surface area contributed by atoms with Crippen molar-refractivity contribution in [1.29, 1.82) is 0 Å². The summed E-state index contributed by atoms with van der Waals surface area (Å²) in [5.74, 6) is 2.00. The lowest BCUT2D eigenvalue weighted by molar-refractivity contribution is 0.353. The third-order valence-electron chi connectivity index (χ3n) is 3.75. The SMILES string of the molecule is COc1ccc(C(N)CC2CCS(=O)(=O)C2)cc1OC. The molecule has 1 saturated heterocycles. The van der Waals surface area contributed by atoms with Crippen LogP contribution in [0.5, 0.6) is 11.5 Å². The molecule has 2 N–H and O–H groups in total. The number of nitrogens with two attached hydrogens (primary N) is 1. The van der Waals surface area contributed by atoms with Crippen molar-refractivity contribution >= 4 is 9.84 Å². The second-order valence-electron chi connectivity index (χ2n) is 5.23. The fraction of sp³-hybridized carbons (Fsp3) is 0.571. The number of hydrogen-bond acceptors (Lipinski definition) is 5. The van der Waals surface area contributed by atoms with Crippen LogP contribution in [0.25, 0.3) is 0 Å². The van der Waals surface area contributed by atoms with Gasteiger partial charge < -0.3 is 15.2 Å². The lowest BCUT2D eigenvalue weighted by Crippen LogP contribution is -2.16. The first-order valence-electron chi connectivity index (χ1n) is 6.63. The highest BCUT2D eigenvalue weighted by Crippen LogP contribution is 2.33. The Balaban J connectivity index is 2.08. The molecular weight excluding hydrogens is 278 g/mol. The van der Waals surface area contributed by atoms with Crippen molar-refractivity contribution in [3.05, 3.63) is 23.8 Å². The largest absolute Gasteiger partial charge is 0.493 e. The molecule has 1 aromatic carbocycles. The Labute approximate surface area is 120 Å². The van der Waals surface area contributed by atoms with Crippen LogP contribution in [0.15, 0.2) is 18.2 Å². The first-order valence-corrected chi connectivity index (χ1v) is 8.45. The van der Waals surface area contributed by atoms with Gasteiger partial charge in [0.15, 0.2) is 21.3 Å². The van der Waals surface area contributed by atoms with Crippen LogP contribution in [-0.2, 0) is 9.84 Å². The topological polar surface area (TPSA) is 78.6 Å². The second-order valence-corrected chi connectivity index (χ2v) is 7.45. The molecule has 2 rings (SSSR count). The molecular formula is C14H21NO4S. The second kappa shape index (κ2) is 6.01. The van der Waals surface area contributed by atoms with E-state index in [1.165, 1.54) is 0 Å². The van der Waals surface area contributed by atoms with E-state index in [0.29, 0.717) is 24.3 Å². The molecule has 6 heteroatoms. The van der Waals surface area contributed by atoms with Gasteiger partial charge >= 0.3 is 0 Å². The normalized spacial score (nSPS) is 22.4. The number of benzene rings is 1. The van der Waals surface area contributed by atoms with Gasteiger partial charge in [0.25, 0.3) is 0 Å². The summed E-state index contributed by atoms with van der Waals surface area (Å²) in [6, 6.07) is 5.38. The predicted octanol–water partition coefficient (Wildman–Crippen LogP) is 1.53. The van der Waals surface area contributed by atoms with Crippen LogP contribution in [-0.4, -0.2) is 34.1 Å². The summed E-state index contributed by atoms with van der Waals surface area (Å²) < 4.78 is 33.4. The van der Waals surface area contributed by atoms with Gasteiger partial charge in [-0.1, -0.05) is 6.07 Å². The van der Waals surface area contributed by atoms with Gasteiger partial charge in [0, 0.05) is 6.04 Å². The Kier molecular flexibility index (Phi) is 4.55. The average molecular weight is 299 g/mol. The van der Waals surface area contributed by atoms with Gasteiger partial charge in [0.1, 0.15) is 0 Å². The van der Waals surface area contributed by atoms with Crippen LogP contribution < -0.4 is 15.2 Å². The molecule has 0 radical (unpaired) electrons. The van der Waals surface area contributed by atoms with Gasteiger partial charge in [-0.15, -0.1) is 0 Å². The molecule has 2 unspecified atom stereocenters. The summed E-state index contributed by atoms with van der Waals surface area (Å²) >= 11 is 0. The Hall–Kier alpha value is -1.27. The Morgan fingerprint density at radius 3 is 2.55 bits per heavy atom. The zero-order chi connectivity index (χ0) is 14.8. The van der Waals surface area contributed by atoms with E-state index in [-0.39, 0.29) is 23.5 Å². The molecule has 0 saturated carbocycles. The number of hydrogen-bond donors (Lipinski definition) is 1. The molecule has 0 aromatic heterocycles. The lowest BCUT2D eigenvalue weighted by Gasteiger charge is -2.17.